The molecule has 0 aliphatic rings. The van der Waals surface area contributed by atoms with Crippen LogP contribution in [0.4, 0.5) is 62.6 Å². The first-order chi connectivity index (χ1) is 36.3. The Morgan fingerprint density at radius 1 is 0.481 bits per heavy atom. The molecule has 7 aromatic rings. The Balaban J connectivity index is 0.00000128. The lowest BCUT2D eigenvalue weighted by atomic mass is 10.1. The molecule has 400 valence electrons. The number of rotatable bonds is 16. The van der Waals surface area contributed by atoms with Gasteiger partial charge < -0.3 is 15.6 Å². The third-order valence-electron chi connectivity index (χ3n) is 10.4. The van der Waals surface area contributed by atoms with Gasteiger partial charge in [0.25, 0.3) is 20.2 Å². The number of nitrogens with two attached hydrogens (primary N) is 1. The summed E-state index contributed by atoms with van der Waals surface area (Å²) in [5.74, 6) is -0.388. The van der Waals surface area contributed by atoms with Crippen LogP contribution in [0.1, 0.15) is 34.2 Å². The normalized spacial score (nSPS) is 11.8. The molecule has 77 heavy (non-hydrogen) atoms. The number of nitrogens with zero attached hydrogens (tertiary/aromatic N) is 10. The summed E-state index contributed by atoms with van der Waals surface area (Å²) in [5.41, 5.74) is 14.4. The lowest BCUT2D eigenvalue weighted by Gasteiger charge is -2.11. The summed E-state index contributed by atoms with van der Waals surface area (Å²) in [7, 11) is -15.0. The third-order valence-corrected chi connectivity index (χ3v) is 12.1. The summed E-state index contributed by atoms with van der Waals surface area (Å²) in [5, 5.41) is 56.1. The summed E-state index contributed by atoms with van der Waals surface area (Å²) in [6.07, 6.45) is -0.0346. The van der Waals surface area contributed by atoms with E-state index in [2.05, 4.69) is 51.1 Å². The molecule has 0 fully saturated rings. The van der Waals surface area contributed by atoms with Gasteiger partial charge in [-0.3, -0.25) is 9.11 Å². The van der Waals surface area contributed by atoms with Crippen molar-refractivity contribution in [3.8, 4) is 11.5 Å². The number of phenols is 1. The van der Waals surface area contributed by atoms with Crippen LogP contribution in [-0.2, 0) is 41.5 Å². The van der Waals surface area contributed by atoms with Gasteiger partial charge in [-0.1, -0.05) is 18.2 Å². The van der Waals surface area contributed by atoms with Crippen molar-refractivity contribution >= 4 is 115 Å². The molecule has 0 saturated carbocycles. The molecule has 0 heterocycles. The minimum absolute atomic E-state index is 0.0173. The molecule has 0 radical (unpaired) electrons. The predicted octanol–water partition coefficient (Wildman–Crippen LogP) is 12.6. The number of nitrogen functional groups attached to an aromatic ring is 1. The highest BCUT2D eigenvalue weighted by molar-refractivity contribution is 7.86. The average Bonchev–Trinajstić information content (AvgIpc) is 3.35. The van der Waals surface area contributed by atoms with Gasteiger partial charge in [0.15, 0.2) is 5.75 Å². The predicted molar refractivity (Wildman–Crippen MR) is 283 cm³/mol. The first-order valence-corrected chi connectivity index (χ1v) is 27.1. The Morgan fingerprint density at radius 3 is 1.39 bits per heavy atom. The number of phenolic OH excluding ortho intramolecular Hbond substituents is 1. The number of ether oxygens (including phenoxy) is 1. The van der Waals surface area contributed by atoms with Crippen LogP contribution in [0.15, 0.2) is 171 Å². The number of anilines is 1. The van der Waals surface area contributed by atoms with Gasteiger partial charge in [0, 0.05) is 17.1 Å². The van der Waals surface area contributed by atoms with E-state index in [1.54, 1.807) is 61.5 Å². The number of fused-ring (bicyclic) bond motifs is 1. The van der Waals surface area contributed by atoms with E-state index in [1.807, 2.05) is 58.0 Å². The molecule has 0 aromatic heterocycles. The van der Waals surface area contributed by atoms with Crippen molar-refractivity contribution in [2.75, 3.05) is 18.1 Å². The van der Waals surface area contributed by atoms with Gasteiger partial charge in [0.1, 0.15) is 27.7 Å². The van der Waals surface area contributed by atoms with Crippen LogP contribution in [0.2, 0.25) is 0 Å². The van der Waals surface area contributed by atoms with Gasteiger partial charge >= 0.3 is 21.2 Å². The number of aryl methyl sites for hydroxylation is 5. The maximum absolute atomic E-state index is 11.9. The first kappa shape index (κ1) is 59.1. The van der Waals surface area contributed by atoms with Crippen molar-refractivity contribution in [2.24, 2.45) is 51.1 Å². The van der Waals surface area contributed by atoms with Crippen LogP contribution in [0.3, 0.4) is 0 Å². The smallest absolute Gasteiger partial charge is 0.425 e. The van der Waals surface area contributed by atoms with Crippen LogP contribution in [0.5, 0.6) is 11.5 Å². The van der Waals surface area contributed by atoms with E-state index < -0.39 is 52.1 Å². The van der Waals surface area contributed by atoms with Crippen molar-refractivity contribution in [1.29, 1.82) is 0 Å². The second-order valence-corrected chi connectivity index (χ2v) is 20.0. The minimum atomic E-state index is -4.58. The van der Waals surface area contributed by atoms with Crippen molar-refractivity contribution in [3.05, 3.63) is 143 Å². The fraction of sp³-hybridized carbons (Fsp3) is 0.167. The van der Waals surface area contributed by atoms with E-state index in [9.17, 15) is 31.0 Å². The number of hydrogen-bond donors (Lipinski definition) is 4. The molecule has 5 N–H and O–H groups in total. The maximum atomic E-state index is 11.9. The maximum Gasteiger partial charge on any atom is 0.425 e. The van der Waals surface area contributed by atoms with E-state index in [0.29, 0.717) is 56.4 Å². The Morgan fingerprint density at radius 2 is 0.896 bits per heavy atom. The summed E-state index contributed by atoms with van der Waals surface area (Å²) < 4.78 is 122. The molecule has 0 amide bonds. The zero-order valence-corrected chi connectivity index (χ0v) is 44.4. The van der Waals surface area contributed by atoms with Crippen LogP contribution in [0.25, 0.3) is 10.8 Å². The molecule has 0 atom stereocenters. The third kappa shape index (κ3) is 18.3. The molecule has 0 unspecified atom stereocenters. The van der Waals surface area contributed by atoms with Crippen molar-refractivity contribution in [2.45, 2.75) is 45.9 Å². The summed E-state index contributed by atoms with van der Waals surface area (Å²) in [4.78, 5) is -0.426. The molecule has 7 aromatic carbocycles. The quantitative estimate of drug-likeness (QED) is 0.0302. The van der Waals surface area contributed by atoms with Gasteiger partial charge in [-0.2, -0.15) is 52.6 Å². The van der Waals surface area contributed by atoms with Crippen molar-refractivity contribution in [3.63, 3.8) is 0 Å². The van der Waals surface area contributed by atoms with Crippen molar-refractivity contribution in [1.82, 2.24) is 0 Å². The molecule has 0 spiro atoms. The molecule has 0 aliphatic carbocycles. The standard InChI is InChI=1S/C48H45N11O8S2.2O3S/c1-28-22-41(29(2)21-40(28)54-53-39-18-11-33-26-36(16-17-37(33)48(39)60)51-50-35-14-12-34(49)13-15-35)55-56-42-23-31(4)43(24-30(42)3)57-59-45-25-32(5)44(27-46(45)67-19-8-20-68(61,62)63)58-52-38-9-6-7-10-47(38)69(64,65)66;2*1-4(2)3/h6-7,9-18,21-27,60H,8,19-20,49H2,1-5H3,(H,61,62,63)(H,64,65,66);;. The first-order valence-electron chi connectivity index (χ1n) is 22.0. The number of benzene rings is 7. The van der Waals surface area contributed by atoms with Crippen LogP contribution < -0.4 is 10.5 Å². The molecule has 29 heteroatoms. The molecule has 0 bridgehead atoms. The second-order valence-electron chi connectivity index (χ2n) is 16.2. The lowest BCUT2D eigenvalue weighted by Crippen LogP contribution is -2.08. The fourth-order valence-electron chi connectivity index (χ4n) is 6.67. The summed E-state index contributed by atoms with van der Waals surface area (Å²) in [6.45, 7) is 9.07. The zero-order chi connectivity index (χ0) is 56.6. The van der Waals surface area contributed by atoms with Gasteiger partial charge in [-0.15, -0.1) is 40.6 Å². The SMILES string of the molecule is Cc1cc(N=Nc2cc(C)c(N=Nc3ccccc3S(=O)(=O)O)cc2OCCCS(=O)(=O)O)c(C)cc1N=Nc1cc(C)c(N=Nc2ccc3cc(N=Nc4ccc(N)cc4)ccc3c2O)cc1C.O=S(=O)=O.O=S(=O)=O. The number of azo groups is 5. The zero-order valence-electron chi connectivity index (χ0n) is 41.1. The number of aromatic hydroxyl groups is 1. The van der Waals surface area contributed by atoms with Crippen molar-refractivity contribution < 1.29 is 61.0 Å². The lowest BCUT2D eigenvalue weighted by molar-refractivity contribution is 0.317. The molecular weight excluding hydrogens is 1080 g/mol. The number of hydrogen-bond acceptors (Lipinski definition) is 23. The Bertz CT molecular complexity index is 3950. The molecule has 0 aliphatic heterocycles. The highest BCUT2D eigenvalue weighted by Crippen LogP contribution is 2.41. The van der Waals surface area contributed by atoms with E-state index in [0.717, 1.165) is 27.6 Å². The largest absolute Gasteiger partial charge is 0.505 e. The van der Waals surface area contributed by atoms with E-state index in [-0.39, 0.29) is 41.6 Å². The summed E-state index contributed by atoms with van der Waals surface area (Å²) in [6, 6.07) is 31.9. The van der Waals surface area contributed by atoms with Gasteiger partial charge in [-0.25, -0.2) is 0 Å². The van der Waals surface area contributed by atoms with E-state index in [1.165, 1.54) is 30.3 Å². The Kier molecular flexibility index (Phi) is 20.5. The molecule has 7 rings (SSSR count). The highest BCUT2D eigenvalue weighted by Gasteiger charge is 2.16. The molecular formula is C48H45N11O14S4. The van der Waals surface area contributed by atoms with Gasteiger partial charge in [-0.05, 0) is 165 Å². The second kappa shape index (κ2) is 26.7. The Hall–Kier alpha value is -8.74. The van der Waals surface area contributed by atoms with E-state index in [4.69, 9.17) is 35.7 Å². The van der Waals surface area contributed by atoms with Crippen LogP contribution in [0, 0.1) is 34.6 Å². The van der Waals surface area contributed by atoms with Gasteiger partial charge in [0.2, 0.25) is 0 Å². The van der Waals surface area contributed by atoms with Crippen LogP contribution >= 0.6 is 0 Å². The molecule has 0 saturated heterocycles. The van der Waals surface area contributed by atoms with E-state index >= 15 is 0 Å². The topological polar surface area (TPSA) is 390 Å². The average molecular weight is 1130 g/mol. The summed E-state index contributed by atoms with van der Waals surface area (Å²) >= 11 is 0. The fourth-order valence-corrected chi connectivity index (χ4v) is 7.77. The van der Waals surface area contributed by atoms with Crippen LogP contribution in [-0.4, -0.2) is 68.7 Å². The van der Waals surface area contributed by atoms with Gasteiger partial charge in [0.05, 0.1) is 52.2 Å². The molecule has 25 nitrogen and oxygen atoms in total. The Labute approximate surface area is 443 Å². The minimum Gasteiger partial charge on any atom is -0.505 e. The monoisotopic (exact) mass is 1130 g/mol. The highest BCUT2D eigenvalue weighted by atomic mass is 32.2.